The van der Waals surface area contributed by atoms with Crippen LogP contribution in [-0.2, 0) is 0 Å². The average Bonchev–Trinajstić information content (AvgIpc) is 3.82. The Kier molecular flexibility index (Phi) is 7.23. The predicted octanol–water partition coefficient (Wildman–Crippen LogP) is 14.6. The van der Waals surface area contributed by atoms with E-state index in [1.54, 1.807) is 0 Å². The summed E-state index contributed by atoms with van der Waals surface area (Å²) in [7, 11) is 0. The van der Waals surface area contributed by atoms with Gasteiger partial charge in [-0.15, -0.1) is 0 Å². The average molecular weight is 738 g/mol. The van der Waals surface area contributed by atoms with E-state index in [-0.39, 0.29) is 0 Å². The molecule has 0 amide bonds. The molecule has 0 bridgehead atoms. The molecule has 0 unspecified atom stereocenters. The van der Waals surface area contributed by atoms with E-state index in [1.165, 1.54) is 70.7 Å². The monoisotopic (exact) mass is 737 g/mol. The minimum atomic E-state index is 0.926. The second-order valence-corrected chi connectivity index (χ2v) is 15.2. The molecule has 12 rings (SSSR count). The number of pyridine rings is 1. The van der Waals surface area contributed by atoms with Crippen molar-refractivity contribution >= 4 is 65.2 Å². The molecule has 0 saturated heterocycles. The lowest BCUT2D eigenvalue weighted by Crippen LogP contribution is -1.97. The Hall–Kier alpha value is -7.75. The number of aromatic nitrogens is 3. The number of benzene rings is 9. The maximum absolute atomic E-state index is 5.52. The Morgan fingerprint density at radius 1 is 0.276 bits per heavy atom. The van der Waals surface area contributed by atoms with E-state index < -0.39 is 0 Å². The topological polar surface area (TPSA) is 22.8 Å². The second kappa shape index (κ2) is 12.9. The molecule has 0 N–H and O–H groups in total. The first-order chi connectivity index (χ1) is 28.8. The summed E-state index contributed by atoms with van der Waals surface area (Å²) >= 11 is 0. The SMILES string of the molecule is c1cc(-c2cc(-c3cc4ccccc4c4ccccc34)cc(-c3cccc(-n4c5ccccc5c5ccccc54)c3)n2)cc(-n2c3ccccc3c3ccccc32)c1. The van der Waals surface area contributed by atoms with Crippen LogP contribution in [0.2, 0.25) is 0 Å². The van der Waals surface area contributed by atoms with E-state index in [2.05, 4.69) is 221 Å². The minimum absolute atomic E-state index is 0.926. The van der Waals surface area contributed by atoms with E-state index in [9.17, 15) is 0 Å². The third kappa shape index (κ3) is 5.04. The Balaban J connectivity index is 1.10. The fourth-order valence-corrected chi connectivity index (χ4v) is 9.28. The van der Waals surface area contributed by atoms with Gasteiger partial charge in [-0.2, -0.15) is 0 Å². The van der Waals surface area contributed by atoms with Crippen molar-refractivity contribution in [2.24, 2.45) is 0 Å². The second-order valence-electron chi connectivity index (χ2n) is 15.2. The highest BCUT2D eigenvalue weighted by Gasteiger charge is 2.17. The van der Waals surface area contributed by atoms with Crippen LogP contribution < -0.4 is 0 Å². The van der Waals surface area contributed by atoms with Crippen molar-refractivity contribution < 1.29 is 0 Å². The van der Waals surface area contributed by atoms with Crippen LogP contribution in [0.15, 0.2) is 212 Å². The third-order valence-electron chi connectivity index (χ3n) is 11.9. The number of hydrogen-bond acceptors (Lipinski definition) is 1. The number of fused-ring (bicyclic) bond motifs is 9. The highest BCUT2D eigenvalue weighted by Crippen LogP contribution is 2.40. The van der Waals surface area contributed by atoms with Gasteiger partial charge in [0.25, 0.3) is 0 Å². The van der Waals surface area contributed by atoms with Gasteiger partial charge in [0, 0.05) is 44.0 Å². The van der Waals surface area contributed by atoms with E-state index in [4.69, 9.17) is 4.98 Å². The van der Waals surface area contributed by atoms with Gasteiger partial charge < -0.3 is 9.13 Å². The normalized spacial score (nSPS) is 11.8. The van der Waals surface area contributed by atoms with Crippen LogP contribution in [0, 0.1) is 0 Å². The molecule has 3 heterocycles. The number of para-hydroxylation sites is 4. The molecule has 0 aliphatic carbocycles. The van der Waals surface area contributed by atoms with Crippen LogP contribution >= 0.6 is 0 Å². The molecule has 0 radical (unpaired) electrons. The Bertz CT molecular complexity index is 3300. The van der Waals surface area contributed by atoms with Crippen LogP contribution in [0.3, 0.4) is 0 Å². The van der Waals surface area contributed by atoms with Crippen LogP contribution in [0.25, 0.3) is 110 Å². The molecule has 3 nitrogen and oxygen atoms in total. The minimum Gasteiger partial charge on any atom is -0.309 e. The van der Waals surface area contributed by atoms with Gasteiger partial charge in [0.15, 0.2) is 0 Å². The number of nitrogens with zero attached hydrogens (tertiary/aromatic N) is 3. The first-order valence-electron chi connectivity index (χ1n) is 19.9. The Labute approximate surface area is 335 Å². The largest absolute Gasteiger partial charge is 0.309 e. The molecule has 270 valence electrons. The summed E-state index contributed by atoms with van der Waals surface area (Å²) in [4.78, 5) is 5.52. The fraction of sp³-hybridized carbons (Fsp3) is 0. The van der Waals surface area contributed by atoms with E-state index in [0.29, 0.717) is 0 Å². The van der Waals surface area contributed by atoms with Gasteiger partial charge in [-0.1, -0.05) is 146 Å². The van der Waals surface area contributed by atoms with Gasteiger partial charge in [0.1, 0.15) is 0 Å². The summed E-state index contributed by atoms with van der Waals surface area (Å²) < 4.78 is 4.76. The highest BCUT2D eigenvalue weighted by atomic mass is 15.0. The molecule has 9 aromatic carbocycles. The summed E-state index contributed by atoms with van der Waals surface area (Å²) in [5.74, 6) is 0. The van der Waals surface area contributed by atoms with E-state index >= 15 is 0 Å². The maximum Gasteiger partial charge on any atom is 0.0716 e. The molecule has 0 aliphatic rings. The van der Waals surface area contributed by atoms with Gasteiger partial charge in [-0.05, 0) is 99.4 Å². The van der Waals surface area contributed by atoms with Crippen LogP contribution in [0.4, 0.5) is 0 Å². The number of rotatable bonds is 5. The standard InChI is InChI=1S/C55H35N3/c1-2-20-42-36(15-1)33-49(44-22-4-3-21-43(42)44)39-34-50(37-16-13-18-40(31-37)57-52-27-9-5-23-45(52)46-24-6-10-28-53(46)57)56-51(35-39)38-17-14-19-41(32-38)58-54-29-11-7-25-47(54)48-26-8-12-30-55(48)58/h1-35H. The highest BCUT2D eigenvalue weighted by molar-refractivity contribution is 6.14. The lowest BCUT2D eigenvalue weighted by molar-refractivity contribution is 1.17. The van der Waals surface area contributed by atoms with Gasteiger partial charge in [0.05, 0.1) is 33.5 Å². The molecule has 58 heavy (non-hydrogen) atoms. The lowest BCUT2D eigenvalue weighted by Gasteiger charge is -2.16. The first kappa shape index (κ1) is 32.5. The Morgan fingerprint density at radius 2 is 0.672 bits per heavy atom. The summed E-state index contributed by atoms with van der Waals surface area (Å²) in [5.41, 5.74) is 13.3. The van der Waals surface area contributed by atoms with Gasteiger partial charge in [0.2, 0.25) is 0 Å². The predicted molar refractivity (Wildman–Crippen MR) is 244 cm³/mol. The molecule has 0 fully saturated rings. The molecule has 0 aliphatic heterocycles. The molecule has 12 aromatic rings. The van der Waals surface area contributed by atoms with E-state index in [0.717, 1.165) is 39.5 Å². The third-order valence-corrected chi connectivity index (χ3v) is 11.9. The van der Waals surface area contributed by atoms with Crippen molar-refractivity contribution in [3.63, 3.8) is 0 Å². The molecule has 0 spiro atoms. The molecule has 0 saturated carbocycles. The first-order valence-corrected chi connectivity index (χ1v) is 19.9. The summed E-state index contributed by atoms with van der Waals surface area (Å²) in [6.07, 6.45) is 0. The van der Waals surface area contributed by atoms with Gasteiger partial charge in [-0.3, -0.25) is 0 Å². The van der Waals surface area contributed by atoms with Crippen molar-refractivity contribution in [2.45, 2.75) is 0 Å². The van der Waals surface area contributed by atoms with Crippen molar-refractivity contribution in [3.05, 3.63) is 212 Å². The zero-order chi connectivity index (χ0) is 38.2. The quantitative estimate of drug-likeness (QED) is 0.161. The van der Waals surface area contributed by atoms with Crippen molar-refractivity contribution in [1.29, 1.82) is 0 Å². The number of hydrogen-bond donors (Lipinski definition) is 0. The van der Waals surface area contributed by atoms with Crippen LogP contribution in [0.1, 0.15) is 0 Å². The van der Waals surface area contributed by atoms with Gasteiger partial charge >= 0.3 is 0 Å². The van der Waals surface area contributed by atoms with Crippen molar-refractivity contribution in [2.75, 3.05) is 0 Å². The summed E-state index contributed by atoms with van der Waals surface area (Å²) in [5, 5.41) is 9.94. The lowest BCUT2D eigenvalue weighted by atomic mass is 9.92. The zero-order valence-corrected chi connectivity index (χ0v) is 31.5. The molecule has 3 aromatic heterocycles. The maximum atomic E-state index is 5.52. The van der Waals surface area contributed by atoms with Crippen molar-refractivity contribution in [3.8, 4) is 45.0 Å². The van der Waals surface area contributed by atoms with Crippen molar-refractivity contribution in [1.82, 2.24) is 14.1 Å². The summed E-state index contributed by atoms with van der Waals surface area (Å²) in [6.45, 7) is 0. The summed E-state index contributed by atoms with van der Waals surface area (Å²) in [6, 6.07) is 76.9. The zero-order valence-electron chi connectivity index (χ0n) is 31.5. The molecular weight excluding hydrogens is 703 g/mol. The van der Waals surface area contributed by atoms with Crippen LogP contribution in [0.5, 0.6) is 0 Å². The van der Waals surface area contributed by atoms with Crippen LogP contribution in [-0.4, -0.2) is 14.1 Å². The molecular formula is C55H35N3. The Morgan fingerprint density at radius 3 is 1.16 bits per heavy atom. The fourth-order valence-electron chi connectivity index (χ4n) is 9.28. The van der Waals surface area contributed by atoms with Gasteiger partial charge in [-0.25, -0.2) is 4.98 Å². The molecule has 3 heteroatoms. The van der Waals surface area contributed by atoms with E-state index in [1.807, 2.05) is 0 Å². The smallest absolute Gasteiger partial charge is 0.0716 e. The molecule has 0 atom stereocenters.